The number of nitrogens with zero attached hydrogens (tertiary/aromatic N) is 1. The van der Waals surface area contributed by atoms with Gasteiger partial charge in [0.15, 0.2) is 0 Å². The Morgan fingerprint density at radius 2 is 2.22 bits per heavy atom. The number of aromatic nitrogens is 2. The van der Waals surface area contributed by atoms with Crippen LogP contribution < -0.4 is 11.2 Å². The van der Waals surface area contributed by atoms with Crippen molar-refractivity contribution in [3.8, 4) is 0 Å². The van der Waals surface area contributed by atoms with Gasteiger partial charge in [-0.3, -0.25) is 9.78 Å². The number of aromatic amines is 1. The summed E-state index contributed by atoms with van der Waals surface area (Å²) < 4.78 is 27.1. The Balaban J connectivity index is 2.50. The Bertz CT molecular complexity index is 639. The Hall–Kier alpha value is -1.48. The second kappa shape index (κ2) is 4.65. The summed E-state index contributed by atoms with van der Waals surface area (Å²) in [5, 5.41) is 28.5. The fourth-order valence-corrected chi connectivity index (χ4v) is 1.85. The van der Waals surface area contributed by atoms with Crippen LogP contribution in [-0.2, 0) is 11.7 Å². The number of hydrogen-bond donors (Lipinski definition) is 4. The van der Waals surface area contributed by atoms with E-state index in [9.17, 15) is 19.8 Å². The molecule has 0 saturated carbocycles. The molecule has 0 aliphatic carbocycles. The van der Waals surface area contributed by atoms with Gasteiger partial charge in [0.05, 0.1) is 12.2 Å². The van der Waals surface area contributed by atoms with Gasteiger partial charge in [-0.1, -0.05) is 0 Å². The second-order valence-corrected chi connectivity index (χ2v) is 3.97. The molecule has 4 atom stereocenters. The molecule has 8 nitrogen and oxygen atoms in total. The largest absolute Gasteiger partial charge is 0.394 e. The molecule has 1 aromatic rings. The number of aliphatic hydroxyl groups is 3. The Morgan fingerprint density at radius 1 is 1.50 bits per heavy atom. The SMILES string of the molecule is [2H]C([2H])([2H])n1cc([C@@H]2O[C@H](CO)[C@H](O)C2O)c(=O)[nH]c1=O. The molecule has 0 bridgehead atoms. The van der Waals surface area contributed by atoms with Crippen molar-refractivity contribution in [1.29, 1.82) is 0 Å². The monoisotopic (exact) mass is 261 g/mol. The predicted octanol–water partition coefficient (Wildman–Crippen LogP) is -2.77. The third-order valence-corrected chi connectivity index (χ3v) is 2.82. The lowest BCUT2D eigenvalue weighted by Gasteiger charge is -2.14. The van der Waals surface area contributed by atoms with Crippen molar-refractivity contribution in [3.63, 3.8) is 0 Å². The van der Waals surface area contributed by atoms with Crippen LogP contribution in [0.2, 0.25) is 0 Å². The first-order valence-corrected chi connectivity index (χ1v) is 5.15. The maximum absolute atomic E-state index is 11.8. The number of hydrogen-bond acceptors (Lipinski definition) is 6. The molecule has 1 aliphatic rings. The van der Waals surface area contributed by atoms with Gasteiger partial charge in [0.2, 0.25) is 0 Å². The summed E-state index contributed by atoms with van der Waals surface area (Å²) in [6.45, 7) is -3.42. The number of aryl methyl sites for hydroxylation is 1. The number of nitrogens with one attached hydrogen (secondary N) is 1. The molecule has 1 saturated heterocycles. The summed E-state index contributed by atoms with van der Waals surface area (Å²) in [6.07, 6.45) is -4.68. The van der Waals surface area contributed by atoms with Crippen molar-refractivity contribution < 1.29 is 24.2 Å². The lowest BCUT2D eigenvalue weighted by Crippen LogP contribution is -2.35. The molecule has 0 aromatic carbocycles. The molecule has 1 aromatic heterocycles. The van der Waals surface area contributed by atoms with E-state index in [1.807, 2.05) is 4.98 Å². The summed E-state index contributed by atoms with van der Waals surface area (Å²) in [7, 11) is 0. The maximum Gasteiger partial charge on any atom is 0.328 e. The molecule has 2 rings (SSSR count). The van der Waals surface area contributed by atoms with Gasteiger partial charge in [-0.25, -0.2) is 4.79 Å². The standard InChI is InChI=1S/C10H14N2O6/c1-12-2-4(9(16)11-10(12)17)8-7(15)6(14)5(3-13)18-8/h2,5-8,13-15H,3H2,1H3,(H,11,16,17)/t5-,6+,7?,8+/m1/s1/i1D3. The molecule has 18 heavy (non-hydrogen) atoms. The zero-order valence-corrected chi connectivity index (χ0v) is 9.11. The molecule has 4 N–H and O–H groups in total. The first-order chi connectivity index (χ1) is 9.66. The normalized spacial score (nSPS) is 34.9. The third kappa shape index (κ3) is 1.99. The van der Waals surface area contributed by atoms with E-state index in [2.05, 4.69) is 0 Å². The second-order valence-electron chi connectivity index (χ2n) is 3.97. The van der Waals surface area contributed by atoms with Gasteiger partial charge in [-0.05, 0) is 0 Å². The van der Waals surface area contributed by atoms with Gasteiger partial charge in [-0.2, -0.15) is 0 Å². The van der Waals surface area contributed by atoms with Gasteiger partial charge in [-0.15, -0.1) is 0 Å². The van der Waals surface area contributed by atoms with Crippen LogP contribution in [0.15, 0.2) is 15.8 Å². The number of aliphatic hydroxyl groups excluding tert-OH is 3. The molecule has 8 heteroatoms. The minimum Gasteiger partial charge on any atom is -0.394 e. The van der Waals surface area contributed by atoms with E-state index in [1.165, 1.54) is 0 Å². The molecule has 0 radical (unpaired) electrons. The molecular formula is C10H14N2O6. The highest BCUT2D eigenvalue weighted by atomic mass is 16.6. The lowest BCUT2D eigenvalue weighted by atomic mass is 10.0. The molecule has 0 amide bonds. The van der Waals surface area contributed by atoms with Gasteiger partial charge in [0.25, 0.3) is 5.56 Å². The lowest BCUT2D eigenvalue weighted by molar-refractivity contribution is -0.0233. The fraction of sp³-hybridized carbons (Fsp3) is 0.600. The van der Waals surface area contributed by atoms with Gasteiger partial charge < -0.3 is 24.6 Å². The minimum atomic E-state index is -2.82. The average Bonchev–Trinajstić information content (AvgIpc) is 2.65. The Labute approximate surface area is 105 Å². The van der Waals surface area contributed by atoms with Crippen molar-refractivity contribution in [2.75, 3.05) is 6.61 Å². The quantitative estimate of drug-likeness (QED) is 0.456. The van der Waals surface area contributed by atoms with Crippen LogP contribution in [0.1, 0.15) is 15.8 Å². The highest BCUT2D eigenvalue weighted by Gasteiger charge is 2.44. The zero-order valence-electron chi connectivity index (χ0n) is 12.1. The average molecular weight is 261 g/mol. The third-order valence-electron chi connectivity index (χ3n) is 2.82. The van der Waals surface area contributed by atoms with Crippen LogP contribution in [0, 0.1) is 0 Å². The predicted molar refractivity (Wildman–Crippen MR) is 59.0 cm³/mol. The van der Waals surface area contributed by atoms with E-state index in [1.54, 1.807) is 0 Å². The molecule has 0 spiro atoms. The van der Waals surface area contributed by atoms with Crippen molar-refractivity contribution in [1.82, 2.24) is 9.55 Å². The summed E-state index contributed by atoms with van der Waals surface area (Å²) in [6, 6.07) is 0. The zero-order chi connectivity index (χ0) is 15.9. The highest BCUT2D eigenvalue weighted by molar-refractivity contribution is 5.14. The first kappa shape index (κ1) is 9.45. The minimum absolute atomic E-state index is 0.318. The Kier molecular flexibility index (Phi) is 2.44. The van der Waals surface area contributed by atoms with E-state index in [4.69, 9.17) is 14.0 Å². The Morgan fingerprint density at radius 3 is 2.78 bits per heavy atom. The highest BCUT2D eigenvalue weighted by Crippen LogP contribution is 2.31. The van der Waals surface area contributed by atoms with Crippen LogP contribution in [0.4, 0.5) is 0 Å². The molecular weight excluding hydrogens is 244 g/mol. The summed E-state index contributed by atoms with van der Waals surface area (Å²) in [5.41, 5.74) is -2.39. The smallest absolute Gasteiger partial charge is 0.328 e. The van der Waals surface area contributed by atoms with Gasteiger partial charge in [0, 0.05) is 17.3 Å². The van der Waals surface area contributed by atoms with Crippen LogP contribution >= 0.6 is 0 Å². The molecule has 100 valence electrons. The van der Waals surface area contributed by atoms with E-state index >= 15 is 0 Å². The van der Waals surface area contributed by atoms with Crippen molar-refractivity contribution in [3.05, 3.63) is 32.6 Å². The number of rotatable bonds is 2. The van der Waals surface area contributed by atoms with Crippen LogP contribution in [0.3, 0.4) is 0 Å². The summed E-state index contributed by atoms with van der Waals surface area (Å²) >= 11 is 0. The number of H-pyrrole nitrogens is 1. The van der Waals surface area contributed by atoms with Crippen LogP contribution in [0.5, 0.6) is 0 Å². The van der Waals surface area contributed by atoms with Gasteiger partial charge in [0.1, 0.15) is 24.4 Å². The van der Waals surface area contributed by atoms with Crippen molar-refractivity contribution in [2.45, 2.75) is 24.4 Å². The number of ether oxygens (including phenoxy) is 1. The maximum atomic E-state index is 11.8. The molecule has 2 heterocycles. The van der Waals surface area contributed by atoms with Crippen molar-refractivity contribution >= 4 is 0 Å². The van der Waals surface area contributed by atoms with E-state index in [-0.39, 0.29) is 5.56 Å². The van der Waals surface area contributed by atoms with Gasteiger partial charge >= 0.3 is 5.69 Å². The molecule has 1 unspecified atom stereocenters. The van der Waals surface area contributed by atoms with E-state index < -0.39 is 49.2 Å². The topological polar surface area (TPSA) is 125 Å². The van der Waals surface area contributed by atoms with Crippen molar-refractivity contribution in [2.24, 2.45) is 6.98 Å². The molecule has 1 aliphatic heterocycles. The van der Waals surface area contributed by atoms with E-state index in [0.717, 1.165) is 6.20 Å². The first-order valence-electron chi connectivity index (χ1n) is 6.65. The molecule has 1 fully saturated rings. The summed E-state index contributed by atoms with van der Waals surface area (Å²) in [4.78, 5) is 25.1. The van der Waals surface area contributed by atoms with Crippen LogP contribution in [0.25, 0.3) is 0 Å². The summed E-state index contributed by atoms with van der Waals surface area (Å²) in [5.74, 6) is 0. The van der Waals surface area contributed by atoms with Crippen LogP contribution in [-0.4, -0.2) is 49.8 Å². The fourth-order valence-electron chi connectivity index (χ4n) is 1.85. The van der Waals surface area contributed by atoms with E-state index in [0.29, 0.717) is 4.57 Å².